The van der Waals surface area contributed by atoms with Gasteiger partial charge < -0.3 is 14.8 Å². The molecule has 3 rings (SSSR count). The first-order valence-electron chi connectivity index (χ1n) is 9.93. The van der Waals surface area contributed by atoms with Crippen LogP contribution in [0.5, 0.6) is 0 Å². The number of nitrogens with one attached hydrogen (secondary N) is 1. The Morgan fingerprint density at radius 2 is 1.63 bits per heavy atom. The average Bonchev–Trinajstić information content (AvgIpc) is 3.06. The molecule has 5 nitrogen and oxygen atoms in total. The third kappa shape index (κ3) is 5.49. The van der Waals surface area contributed by atoms with Crippen LogP contribution >= 0.6 is 30.1 Å². The number of rotatable bonds is 9. The summed E-state index contributed by atoms with van der Waals surface area (Å²) in [7, 11) is 1.60. The van der Waals surface area contributed by atoms with E-state index in [1.54, 1.807) is 8.93 Å². The van der Waals surface area contributed by atoms with Crippen molar-refractivity contribution in [3.63, 3.8) is 0 Å². The number of hydrogen-bond acceptors (Lipinski definition) is 5. The maximum absolute atomic E-state index is 12.2. The normalized spacial score (nSPS) is 12.8. The lowest BCUT2D eigenvalue weighted by Crippen LogP contribution is -2.34. The molecular formula is C23H26INO4S. The molecule has 0 heterocycles. The molecule has 0 spiro atoms. The minimum atomic E-state index is -0.660. The SMILES string of the molecule is CC(C)(CCNC(=O)OCC1c2ccccc2-c2ccccc21)C(=O)OCCSI. The summed E-state index contributed by atoms with van der Waals surface area (Å²) in [6.45, 7) is 4.67. The molecule has 7 heteroatoms. The molecule has 0 radical (unpaired) electrons. The number of esters is 1. The Morgan fingerprint density at radius 1 is 1.03 bits per heavy atom. The van der Waals surface area contributed by atoms with Crippen molar-refractivity contribution in [2.24, 2.45) is 5.41 Å². The summed E-state index contributed by atoms with van der Waals surface area (Å²) in [6, 6.07) is 16.5. The van der Waals surface area contributed by atoms with Gasteiger partial charge in [-0.1, -0.05) is 57.5 Å². The molecule has 0 saturated heterocycles. The van der Waals surface area contributed by atoms with E-state index < -0.39 is 11.5 Å². The van der Waals surface area contributed by atoms with E-state index in [2.05, 4.69) is 50.8 Å². The van der Waals surface area contributed by atoms with Gasteiger partial charge in [0.15, 0.2) is 0 Å². The van der Waals surface area contributed by atoms with Gasteiger partial charge in [-0.05, 0) is 63.7 Å². The lowest BCUT2D eigenvalue weighted by Gasteiger charge is -2.22. The van der Waals surface area contributed by atoms with Gasteiger partial charge >= 0.3 is 12.1 Å². The summed E-state index contributed by atoms with van der Waals surface area (Å²) in [6.07, 6.45) is 0.00952. The van der Waals surface area contributed by atoms with Gasteiger partial charge in [0.25, 0.3) is 0 Å². The van der Waals surface area contributed by atoms with Crippen LogP contribution in [0.4, 0.5) is 4.79 Å². The Hall–Kier alpha value is -1.74. The first-order valence-corrected chi connectivity index (χ1v) is 13.5. The van der Waals surface area contributed by atoms with Crippen LogP contribution in [0.25, 0.3) is 11.1 Å². The van der Waals surface area contributed by atoms with Crippen molar-refractivity contribution in [2.45, 2.75) is 26.2 Å². The number of hydrogen-bond donors (Lipinski definition) is 1. The quantitative estimate of drug-likeness (QED) is 0.257. The van der Waals surface area contributed by atoms with E-state index in [1.807, 2.05) is 38.1 Å². The van der Waals surface area contributed by atoms with Crippen molar-refractivity contribution in [3.05, 3.63) is 59.7 Å². The molecule has 0 aromatic heterocycles. The van der Waals surface area contributed by atoms with Gasteiger partial charge in [-0.25, -0.2) is 4.79 Å². The van der Waals surface area contributed by atoms with Gasteiger partial charge in [0, 0.05) is 18.2 Å². The fourth-order valence-corrected chi connectivity index (χ4v) is 4.28. The van der Waals surface area contributed by atoms with Gasteiger partial charge in [-0.3, -0.25) is 4.79 Å². The van der Waals surface area contributed by atoms with Crippen LogP contribution in [-0.4, -0.2) is 37.6 Å². The summed E-state index contributed by atoms with van der Waals surface area (Å²) in [5.41, 5.74) is 4.10. The van der Waals surface area contributed by atoms with Gasteiger partial charge in [0.05, 0.1) is 5.41 Å². The highest BCUT2D eigenvalue weighted by Crippen LogP contribution is 2.44. The average molecular weight is 539 g/mol. The zero-order valence-electron chi connectivity index (χ0n) is 17.2. The summed E-state index contributed by atoms with van der Waals surface area (Å²) in [5, 5.41) is 2.76. The Balaban J connectivity index is 1.49. The second-order valence-electron chi connectivity index (χ2n) is 7.84. The monoisotopic (exact) mass is 539 g/mol. The van der Waals surface area contributed by atoms with Crippen LogP contribution in [0.3, 0.4) is 0 Å². The maximum Gasteiger partial charge on any atom is 0.407 e. The third-order valence-electron chi connectivity index (χ3n) is 5.31. The van der Waals surface area contributed by atoms with Crippen molar-refractivity contribution in [1.82, 2.24) is 5.32 Å². The molecule has 1 N–H and O–H groups in total. The summed E-state index contributed by atoms with van der Waals surface area (Å²) in [5.74, 6) is 0.549. The number of benzene rings is 2. The first kappa shape index (κ1) is 22.9. The van der Waals surface area contributed by atoms with Gasteiger partial charge in [0.2, 0.25) is 0 Å². The van der Waals surface area contributed by atoms with Gasteiger partial charge in [-0.15, -0.1) is 0 Å². The predicted molar refractivity (Wildman–Crippen MR) is 129 cm³/mol. The zero-order valence-corrected chi connectivity index (χ0v) is 20.1. The van der Waals surface area contributed by atoms with Crippen LogP contribution in [0, 0.1) is 5.41 Å². The van der Waals surface area contributed by atoms with Crippen LogP contribution in [0.1, 0.15) is 37.3 Å². The highest BCUT2D eigenvalue weighted by molar-refractivity contribution is 14.2. The Kier molecular flexibility index (Phi) is 8.05. The zero-order chi connectivity index (χ0) is 21.6. The minimum absolute atomic E-state index is 0.0327. The summed E-state index contributed by atoms with van der Waals surface area (Å²) >= 11 is 2.17. The van der Waals surface area contributed by atoms with Gasteiger partial charge in [0.1, 0.15) is 13.2 Å². The molecule has 1 amide bonds. The Labute approximate surface area is 193 Å². The number of ether oxygens (including phenoxy) is 2. The van der Waals surface area contributed by atoms with Crippen molar-refractivity contribution >= 4 is 42.2 Å². The van der Waals surface area contributed by atoms with Crippen molar-refractivity contribution < 1.29 is 19.1 Å². The molecule has 2 aromatic rings. The largest absolute Gasteiger partial charge is 0.464 e. The predicted octanol–water partition coefficient (Wildman–Crippen LogP) is 5.57. The second kappa shape index (κ2) is 10.5. The Morgan fingerprint density at radius 3 is 2.23 bits per heavy atom. The van der Waals surface area contributed by atoms with E-state index in [9.17, 15) is 9.59 Å². The van der Waals surface area contributed by atoms with Gasteiger partial charge in [-0.2, -0.15) is 0 Å². The van der Waals surface area contributed by atoms with E-state index >= 15 is 0 Å². The van der Waals surface area contributed by atoms with Crippen LogP contribution < -0.4 is 5.32 Å². The highest BCUT2D eigenvalue weighted by Gasteiger charge is 2.30. The third-order valence-corrected chi connectivity index (χ3v) is 6.95. The molecule has 30 heavy (non-hydrogen) atoms. The van der Waals surface area contributed by atoms with Crippen LogP contribution in [0.15, 0.2) is 48.5 Å². The van der Waals surface area contributed by atoms with E-state index in [0.29, 0.717) is 19.6 Å². The molecule has 0 unspecified atom stereocenters. The van der Waals surface area contributed by atoms with Crippen LogP contribution in [0.2, 0.25) is 0 Å². The standard InChI is InChI=1S/C23H26INO4S/c1-23(2,21(26)28-13-14-30-24)11-12-25-22(27)29-15-20-18-9-5-3-7-16(18)17-8-4-6-10-19(17)20/h3-10,20H,11-15H2,1-2H3,(H,25,27). The van der Waals surface area contributed by atoms with Crippen molar-refractivity contribution in [2.75, 3.05) is 25.5 Å². The molecule has 0 atom stereocenters. The van der Waals surface area contributed by atoms with Crippen molar-refractivity contribution in [1.29, 1.82) is 0 Å². The number of carbonyl (C=O) groups is 2. The molecule has 0 aliphatic heterocycles. The number of halogens is 1. The first-order chi connectivity index (χ1) is 14.4. The minimum Gasteiger partial charge on any atom is -0.464 e. The van der Waals surface area contributed by atoms with Crippen molar-refractivity contribution in [3.8, 4) is 11.1 Å². The fraction of sp³-hybridized carbons (Fsp3) is 0.391. The smallest absolute Gasteiger partial charge is 0.407 e. The van der Waals surface area contributed by atoms with E-state index in [-0.39, 0.29) is 18.5 Å². The molecule has 0 fully saturated rings. The molecule has 0 bridgehead atoms. The van der Waals surface area contributed by atoms with E-state index in [4.69, 9.17) is 9.47 Å². The van der Waals surface area contributed by atoms with E-state index in [0.717, 1.165) is 5.75 Å². The maximum atomic E-state index is 12.2. The summed E-state index contributed by atoms with van der Waals surface area (Å²) in [4.78, 5) is 24.4. The number of carbonyl (C=O) groups excluding carboxylic acids is 2. The molecule has 0 saturated carbocycles. The van der Waals surface area contributed by atoms with E-state index in [1.165, 1.54) is 22.3 Å². The lowest BCUT2D eigenvalue weighted by molar-refractivity contribution is -0.153. The van der Waals surface area contributed by atoms with Crippen LogP contribution in [-0.2, 0) is 14.3 Å². The molecule has 160 valence electrons. The topological polar surface area (TPSA) is 64.6 Å². The molecule has 1 aliphatic rings. The number of alkyl carbamates (subject to hydrolysis) is 1. The molecule has 2 aromatic carbocycles. The highest BCUT2D eigenvalue weighted by atomic mass is 127. The Bertz CT molecular complexity index is 857. The fourth-order valence-electron chi connectivity index (χ4n) is 3.59. The molecule has 1 aliphatic carbocycles. The molecular weight excluding hydrogens is 513 g/mol. The summed E-state index contributed by atoms with van der Waals surface area (Å²) < 4.78 is 10.8. The second-order valence-corrected chi connectivity index (χ2v) is 10.3. The lowest BCUT2D eigenvalue weighted by atomic mass is 9.89. The number of amides is 1. The number of fused-ring (bicyclic) bond motifs is 3.